The molecular formula is C24H28Br2N4O2+2. The Morgan fingerprint density at radius 3 is 1.25 bits per heavy atom. The van der Waals surface area contributed by atoms with Crippen molar-refractivity contribution in [2.75, 3.05) is 52.4 Å². The fraction of sp³-hybridized carbons (Fsp3) is 0.417. The number of hydrogen-bond acceptors (Lipinski definition) is 4. The van der Waals surface area contributed by atoms with E-state index < -0.39 is 0 Å². The third kappa shape index (κ3) is 3.19. The molecule has 0 bridgehead atoms. The number of piperazine rings is 2. The molecule has 0 saturated carbocycles. The van der Waals surface area contributed by atoms with Crippen LogP contribution in [-0.4, -0.2) is 95.3 Å². The highest BCUT2D eigenvalue weighted by molar-refractivity contribution is 9.93. The van der Waals surface area contributed by atoms with Crippen LogP contribution in [0.4, 0.5) is 0 Å². The molecule has 2 atom stereocenters. The van der Waals surface area contributed by atoms with E-state index in [4.69, 9.17) is 0 Å². The fourth-order valence-electron chi connectivity index (χ4n) is 6.57. The van der Waals surface area contributed by atoms with E-state index in [-0.39, 0.29) is 24.1 Å². The summed E-state index contributed by atoms with van der Waals surface area (Å²) >= 11 is 5.50. The lowest BCUT2D eigenvalue weighted by Gasteiger charge is -2.54. The molecule has 4 heterocycles. The summed E-state index contributed by atoms with van der Waals surface area (Å²) in [4.78, 5) is 32.7. The van der Waals surface area contributed by atoms with E-state index in [0.29, 0.717) is 8.97 Å². The molecule has 2 aromatic carbocycles. The number of carbonyl (C=O) groups is 2. The zero-order chi connectivity index (χ0) is 22.3. The third-order valence-corrected chi connectivity index (χ3v) is 8.02. The van der Waals surface area contributed by atoms with E-state index in [9.17, 15) is 9.59 Å². The summed E-state index contributed by atoms with van der Waals surface area (Å²) < 4.78 is 0.959. The van der Waals surface area contributed by atoms with E-state index in [1.165, 1.54) is 0 Å². The number of benzene rings is 2. The predicted octanol–water partition coefficient (Wildman–Crippen LogP) is 3.30. The van der Waals surface area contributed by atoms with E-state index in [2.05, 4.69) is 38.1 Å². The maximum atomic E-state index is 13.8. The molecule has 2 aromatic rings. The summed E-state index contributed by atoms with van der Waals surface area (Å²) in [6, 6.07) is 19.5. The van der Waals surface area contributed by atoms with Crippen molar-refractivity contribution >= 4 is 40.1 Å². The molecule has 2 amide bonds. The molecule has 168 valence electrons. The molecule has 0 radical (unpaired) electrons. The van der Waals surface area contributed by atoms with Gasteiger partial charge in [0.15, 0.2) is 0 Å². The molecule has 6 nitrogen and oxygen atoms in total. The Kier molecular flexibility index (Phi) is 6.11. The van der Waals surface area contributed by atoms with Gasteiger partial charge in [-0.25, -0.2) is 28.4 Å². The largest absolute Gasteiger partial charge is 0.347 e. The zero-order valence-electron chi connectivity index (χ0n) is 17.9. The number of halogens is 2. The standard InChI is InChI=1S/C24H28N4O2.Br2/c29-23(19-7-3-1-4-8-19)27-15-11-25-14-18-28(24(30)20-9-5-2-6-10-20)16-12-26(13-17-27)22(28)21(25)27;1-2/h1-10,21-22H,11-18H2;/q+2;. The summed E-state index contributed by atoms with van der Waals surface area (Å²) in [7, 11) is 0. The van der Waals surface area contributed by atoms with Crippen molar-refractivity contribution in [1.82, 2.24) is 9.80 Å². The van der Waals surface area contributed by atoms with Crippen molar-refractivity contribution in [3.8, 4) is 0 Å². The van der Waals surface area contributed by atoms with Crippen LogP contribution < -0.4 is 0 Å². The molecule has 32 heavy (non-hydrogen) atoms. The molecule has 4 aliphatic heterocycles. The number of hydrogen-bond donors (Lipinski definition) is 0. The smallest absolute Gasteiger partial charge is 0.236 e. The maximum Gasteiger partial charge on any atom is 0.347 e. The van der Waals surface area contributed by atoms with Crippen LogP contribution in [0.3, 0.4) is 0 Å². The van der Waals surface area contributed by atoms with E-state index in [0.717, 1.165) is 63.5 Å². The highest BCUT2D eigenvalue weighted by Gasteiger charge is 2.71. The van der Waals surface area contributed by atoms with Crippen molar-refractivity contribution in [2.24, 2.45) is 0 Å². The van der Waals surface area contributed by atoms with Gasteiger partial charge in [0.05, 0.1) is 37.3 Å². The Balaban J connectivity index is 0.00000105. The Labute approximate surface area is 204 Å². The highest BCUT2D eigenvalue weighted by atomic mass is 80.9. The summed E-state index contributed by atoms with van der Waals surface area (Å²) in [5.41, 5.74) is 1.59. The maximum absolute atomic E-state index is 13.8. The minimum atomic E-state index is 0.0652. The number of quaternary nitrogens is 2. The number of nitrogens with zero attached hydrogens (tertiary/aromatic N) is 4. The molecular weight excluding hydrogens is 536 g/mol. The molecule has 4 aliphatic rings. The van der Waals surface area contributed by atoms with Crippen LogP contribution in [0.1, 0.15) is 20.7 Å². The van der Waals surface area contributed by atoms with Crippen LogP contribution in [0, 0.1) is 0 Å². The van der Waals surface area contributed by atoms with Crippen LogP contribution in [0.2, 0.25) is 0 Å². The number of carbonyl (C=O) groups excluding carboxylic acids is 2. The van der Waals surface area contributed by atoms with Crippen LogP contribution in [0.5, 0.6) is 0 Å². The van der Waals surface area contributed by atoms with Crippen LogP contribution in [0.25, 0.3) is 0 Å². The Bertz CT molecular complexity index is 926. The number of amides is 2. The first-order chi connectivity index (χ1) is 15.7. The summed E-state index contributed by atoms with van der Waals surface area (Å²) in [5, 5.41) is 0. The molecule has 6 rings (SSSR count). The monoisotopic (exact) mass is 562 g/mol. The third-order valence-electron chi connectivity index (χ3n) is 8.02. The van der Waals surface area contributed by atoms with Crippen molar-refractivity contribution in [3.05, 3.63) is 71.8 Å². The second-order valence-electron chi connectivity index (χ2n) is 9.20. The molecule has 0 aromatic heterocycles. The average Bonchev–Trinajstić information content (AvgIpc) is 3.45. The Morgan fingerprint density at radius 2 is 0.938 bits per heavy atom. The van der Waals surface area contributed by atoms with Crippen molar-refractivity contribution in [2.45, 2.75) is 12.3 Å². The lowest BCUT2D eigenvalue weighted by Crippen LogP contribution is -2.80. The first-order valence-corrected chi connectivity index (χ1v) is 14.9. The normalized spacial score (nSPS) is 33.2. The van der Waals surface area contributed by atoms with E-state index in [1.807, 2.05) is 60.7 Å². The quantitative estimate of drug-likeness (QED) is 0.526. The van der Waals surface area contributed by atoms with Crippen LogP contribution in [0.15, 0.2) is 60.7 Å². The molecule has 8 heteroatoms. The first kappa shape index (κ1) is 22.4. The van der Waals surface area contributed by atoms with Gasteiger partial charge in [-0.05, 0) is 24.3 Å². The SMILES string of the molecule is BrBr.O=C(c1ccccc1)[N+]12CCN3CC[N+]4(C(=O)c5ccccc5)CCN(CC1)C4C32. The fourth-order valence-corrected chi connectivity index (χ4v) is 6.57. The molecule has 4 saturated heterocycles. The van der Waals surface area contributed by atoms with Gasteiger partial charge in [0, 0.05) is 28.3 Å². The highest BCUT2D eigenvalue weighted by Crippen LogP contribution is 2.44. The molecule has 2 unspecified atom stereocenters. The summed E-state index contributed by atoms with van der Waals surface area (Å²) in [5.74, 6) is 0.448. The summed E-state index contributed by atoms with van der Waals surface area (Å²) in [6.07, 6.45) is 0.130. The van der Waals surface area contributed by atoms with Gasteiger partial charge in [-0.1, -0.05) is 36.4 Å². The van der Waals surface area contributed by atoms with Gasteiger partial charge in [-0.15, -0.1) is 0 Å². The van der Waals surface area contributed by atoms with Crippen molar-refractivity contribution < 1.29 is 18.6 Å². The van der Waals surface area contributed by atoms with E-state index in [1.54, 1.807) is 0 Å². The van der Waals surface area contributed by atoms with Gasteiger partial charge in [-0.2, -0.15) is 0 Å². The molecule has 0 aliphatic carbocycles. The van der Waals surface area contributed by atoms with Crippen molar-refractivity contribution in [3.63, 3.8) is 0 Å². The first-order valence-electron chi connectivity index (χ1n) is 11.2. The van der Waals surface area contributed by atoms with Crippen LogP contribution >= 0.6 is 28.3 Å². The minimum absolute atomic E-state index is 0.0652. The lowest BCUT2D eigenvalue weighted by atomic mass is 10.0. The van der Waals surface area contributed by atoms with Gasteiger partial charge < -0.3 is 0 Å². The average molecular weight is 564 g/mol. The Hall–Kier alpha value is -1.42. The van der Waals surface area contributed by atoms with Gasteiger partial charge in [0.1, 0.15) is 26.2 Å². The minimum Gasteiger partial charge on any atom is -0.236 e. The number of rotatable bonds is 2. The molecule has 0 N–H and O–H groups in total. The van der Waals surface area contributed by atoms with Gasteiger partial charge in [-0.3, -0.25) is 0 Å². The second-order valence-corrected chi connectivity index (χ2v) is 9.20. The topological polar surface area (TPSA) is 40.6 Å². The predicted molar refractivity (Wildman–Crippen MR) is 130 cm³/mol. The van der Waals surface area contributed by atoms with E-state index >= 15 is 0 Å². The van der Waals surface area contributed by atoms with Gasteiger partial charge in [0.25, 0.3) is 0 Å². The zero-order valence-corrected chi connectivity index (χ0v) is 21.1. The van der Waals surface area contributed by atoms with Gasteiger partial charge in [0.2, 0.25) is 12.3 Å². The molecule has 0 spiro atoms. The lowest BCUT2D eigenvalue weighted by molar-refractivity contribution is -0.956. The van der Waals surface area contributed by atoms with Gasteiger partial charge >= 0.3 is 11.8 Å². The summed E-state index contributed by atoms with van der Waals surface area (Å²) in [6.45, 7) is 7.02. The van der Waals surface area contributed by atoms with Crippen molar-refractivity contribution in [1.29, 1.82) is 0 Å². The second kappa shape index (κ2) is 8.74. The Morgan fingerprint density at radius 1 is 0.625 bits per heavy atom. The molecule has 4 fully saturated rings. The van der Waals surface area contributed by atoms with Crippen LogP contribution in [-0.2, 0) is 0 Å².